The second-order valence-electron chi connectivity index (χ2n) is 7.59. The molecule has 180 valence electrons. The highest BCUT2D eigenvalue weighted by molar-refractivity contribution is 5.99. The molecule has 10 nitrogen and oxygen atoms in total. The Labute approximate surface area is 198 Å². The lowest BCUT2D eigenvalue weighted by atomic mass is 10.2. The molecule has 0 atom stereocenters. The number of likely N-dealkylation sites (N-methyl/N-ethyl adjacent to an activating group) is 1. The quantitative estimate of drug-likeness (QED) is 0.340. The maximum Gasteiger partial charge on any atom is 0.323 e. The summed E-state index contributed by atoms with van der Waals surface area (Å²) in [5.41, 5.74) is 2.05. The smallest absolute Gasteiger partial charge is 0.323 e. The number of urea groups is 1. The van der Waals surface area contributed by atoms with E-state index in [-0.39, 0.29) is 12.6 Å². The number of anilines is 3. The van der Waals surface area contributed by atoms with Crippen molar-refractivity contribution in [3.8, 4) is 22.9 Å². The lowest BCUT2D eigenvalue weighted by Crippen LogP contribution is -2.20. The fourth-order valence-electron chi connectivity index (χ4n) is 2.94. The van der Waals surface area contributed by atoms with Crippen LogP contribution in [0.3, 0.4) is 0 Å². The number of aliphatic hydroxyl groups excluding tert-OH is 1. The van der Waals surface area contributed by atoms with Crippen molar-refractivity contribution in [1.82, 2.24) is 14.9 Å². The van der Waals surface area contributed by atoms with Crippen LogP contribution in [0.25, 0.3) is 11.4 Å². The standard InChI is InChI=1S/C24H30N6O4/c1-30(2)13-15-34-20-10-8-19(9-11-20)28-24(32)27-18-6-4-17(5-7-18)22-26-16-21(33-3)23(29-22)25-12-14-31/h4-11,16,31H,12-15H2,1-3H3,(H,25,26,29)(H2,27,28,32). The van der Waals surface area contributed by atoms with E-state index in [2.05, 4.69) is 25.9 Å². The molecular weight excluding hydrogens is 436 g/mol. The number of ether oxygens (including phenoxy) is 2. The van der Waals surface area contributed by atoms with Gasteiger partial charge in [-0.1, -0.05) is 0 Å². The maximum absolute atomic E-state index is 12.4. The molecule has 3 rings (SSSR count). The minimum Gasteiger partial charge on any atom is -0.492 e. The van der Waals surface area contributed by atoms with Crippen molar-refractivity contribution in [2.24, 2.45) is 0 Å². The van der Waals surface area contributed by atoms with Crippen LogP contribution in [0.15, 0.2) is 54.7 Å². The highest BCUT2D eigenvalue weighted by Crippen LogP contribution is 2.25. The van der Waals surface area contributed by atoms with E-state index in [1.165, 1.54) is 7.11 Å². The molecule has 0 aliphatic rings. The van der Waals surface area contributed by atoms with Gasteiger partial charge in [0.15, 0.2) is 17.4 Å². The first-order chi connectivity index (χ1) is 16.5. The van der Waals surface area contributed by atoms with E-state index in [0.29, 0.717) is 41.9 Å². The van der Waals surface area contributed by atoms with E-state index in [9.17, 15) is 4.79 Å². The molecule has 0 unspecified atom stereocenters. The Morgan fingerprint density at radius 1 is 1.03 bits per heavy atom. The van der Waals surface area contributed by atoms with Crippen LogP contribution in [-0.4, -0.2) is 73.5 Å². The number of nitrogens with one attached hydrogen (secondary N) is 3. The van der Waals surface area contributed by atoms with E-state index in [0.717, 1.165) is 17.9 Å². The van der Waals surface area contributed by atoms with Crippen LogP contribution in [0.2, 0.25) is 0 Å². The Balaban J connectivity index is 1.56. The summed E-state index contributed by atoms with van der Waals surface area (Å²) < 4.78 is 10.9. The summed E-state index contributed by atoms with van der Waals surface area (Å²) in [6.45, 7) is 1.74. The molecule has 0 aliphatic heterocycles. The van der Waals surface area contributed by atoms with Gasteiger partial charge in [0.05, 0.1) is 19.9 Å². The molecule has 0 spiro atoms. The van der Waals surface area contributed by atoms with Gasteiger partial charge < -0.3 is 35.4 Å². The van der Waals surface area contributed by atoms with Crippen LogP contribution >= 0.6 is 0 Å². The van der Waals surface area contributed by atoms with Gasteiger partial charge in [-0.3, -0.25) is 0 Å². The number of aliphatic hydroxyl groups is 1. The fourth-order valence-corrected chi connectivity index (χ4v) is 2.94. The van der Waals surface area contributed by atoms with Gasteiger partial charge in [0.1, 0.15) is 12.4 Å². The first-order valence-electron chi connectivity index (χ1n) is 10.8. The van der Waals surface area contributed by atoms with Crippen molar-refractivity contribution in [3.63, 3.8) is 0 Å². The summed E-state index contributed by atoms with van der Waals surface area (Å²) in [6, 6.07) is 14.0. The summed E-state index contributed by atoms with van der Waals surface area (Å²) in [7, 11) is 5.51. The van der Waals surface area contributed by atoms with Crippen LogP contribution in [-0.2, 0) is 0 Å². The molecule has 0 aliphatic carbocycles. The Morgan fingerprint density at radius 3 is 2.26 bits per heavy atom. The molecule has 1 aromatic heterocycles. The third kappa shape index (κ3) is 7.32. The highest BCUT2D eigenvalue weighted by Gasteiger charge is 2.10. The average molecular weight is 467 g/mol. The monoisotopic (exact) mass is 466 g/mol. The van der Waals surface area contributed by atoms with E-state index < -0.39 is 0 Å². The fraction of sp³-hybridized carbons (Fsp3) is 0.292. The van der Waals surface area contributed by atoms with Crippen LogP contribution < -0.4 is 25.4 Å². The van der Waals surface area contributed by atoms with Gasteiger partial charge in [0.2, 0.25) is 0 Å². The number of nitrogens with zero attached hydrogens (tertiary/aromatic N) is 3. The van der Waals surface area contributed by atoms with Crippen molar-refractivity contribution in [1.29, 1.82) is 0 Å². The van der Waals surface area contributed by atoms with Gasteiger partial charge in [-0.2, -0.15) is 0 Å². The van der Waals surface area contributed by atoms with Gasteiger partial charge in [-0.05, 0) is 62.6 Å². The molecule has 3 aromatic rings. The van der Waals surface area contributed by atoms with Gasteiger partial charge in [0, 0.05) is 30.0 Å². The zero-order valence-corrected chi connectivity index (χ0v) is 19.5. The second kappa shape index (κ2) is 12.4. The molecule has 0 radical (unpaired) electrons. The Hall–Kier alpha value is -3.89. The van der Waals surface area contributed by atoms with Crippen LogP contribution in [0.1, 0.15) is 0 Å². The van der Waals surface area contributed by atoms with E-state index in [1.807, 2.05) is 43.3 Å². The van der Waals surface area contributed by atoms with Crippen molar-refractivity contribution >= 4 is 23.2 Å². The number of benzene rings is 2. The lowest BCUT2D eigenvalue weighted by molar-refractivity contribution is 0.261. The average Bonchev–Trinajstić information content (AvgIpc) is 2.84. The minimum atomic E-state index is -0.356. The second-order valence-corrected chi connectivity index (χ2v) is 7.59. The Kier molecular flexibility index (Phi) is 9.01. The third-order valence-corrected chi connectivity index (χ3v) is 4.70. The Bertz CT molecular complexity index is 1060. The van der Waals surface area contributed by atoms with E-state index in [4.69, 9.17) is 14.6 Å². The van der Waals surface area contributed by atoms with Crippen molar-refractivity contribution < 1.29 is 19.4 Å². The number of amides is 2. The zero-order chi connectivity index (χ0) is 24.3. The SMILES string of the molecule is COc1cnc(-c2ccc(NC(=O)Nc3ccc(OCCN(C)C)cc3)cc2)nc1NCCO. The summed E-state index contributed by atoms with van der Waals surface area (Å²) in [4.78, 5) is 23.2. The predicted octanol–water partition coefficient (Wildman–Crippen LogP) is 3.14. The number of rotatable bonds is 11. The number of carbonyl (C=O) groups excluding carboxylic acids is 1. The number of hydrogen-bond donors (Lipinski definition) is 4. The maximum atomic E-state index is 12.4. The van der Waals surface area contributed by atoms with Crippen LogP contribution in [0, 0.1) is 0 Å². The largest absolute Gasteiger partial charge is 0.492 e. The summed E-state index contributed by atoms with van der Waals surface area (Å²) in [6.07, 6.45) is 1.57. The lowest BCUT2D eigenvalue weighted by Gasteiger charge is -2.12. The number of aromatic nitrogens is 2. The summed E-state index contributed by atoms with van der Waals surface area (Å²) in [5.74, 6) is 2.22. The Morgan fingerprint density at radius 2 is 1.68 bits per heavy atom. The van der Waals surface area contributed by atoms with Gasteiger partial charge in [0.25, 0.3) is 0 Å². The van der Waals surface area contributed by atoms with Gasteiger partial charge in [-0.25, -0.2) is 14.8 Å². The number of methoxy groups -OCH3 is 1. The summed E-state index contributed by atoms with van der Waals surface area (Å²) >= 11 is 0. The van der Waals surface area contributed by atoms with Crippen LogP contribution in [0.4, 0.5) is 22.0 Å². The number of carbonyl (C=O) groups is 1. The van der Waals surface area contributed by atoms with Gasteiger partial charge in [-0.15, -0.1) is 0 Å². The molecule has 10 heteroatoms. The summed E-state index contributed by atoms with van der Waals surface area (Å²) in [5, 5.41) is 17.6. The van der Waals surface area contributed by atoms with Crippen molar-refractivity contribution in [2.75, 3.05) is 63.5 Å². The molecule has 2 amide bonds. The molecule has 0 fully saturated rings. The zero-order valence-electron chi connectivity index (χ0n) is 19.5. The number of hydrogen-bond acceptors (Lipinski definition) is 8. The molecule has 4 N–H and O–H groups in total. The molecule has 0 saturated heterocycles. The topological polar surface area (TPSA) is 121 Å². The van der Waals surface area contributed by atoms with Gasteiger partial charge >= 0.3 is 6.03 Å². The third-order valence-electron chi connectivity index (χ3n) is 4.70. The molecule has 0 saturated carbocycles. The molecule has 0 bridgehead atoms. The molecular formula is C24H30N6O4. The first-order valence-corrected chi connectivity index (χ1v) is 10.8. The van der Waals surface area contributed by atoms with Crippen LogP contribution in [0.5, 0.6) is 11.5 Å². The minimum absolute atomic E-state index is 0.0282. The predicted molar refractivity (Wildman–Crippen MR) is 133 cm³/mol. The molecule has 1 heterocycles. The molecule has 34 heavy (non-hydrogen) atoms. The van der Waals surface area contributed by atoms with Crippen molar-refractivity contribution in [3.05, 3.63) is 54.7 Å². The first kappa shape index (κ1) is 24.7. The highest BCUT2D eigenvalue weighted by atomic mass is 16.5. The normalized spacial score (nSPS) is 10.6. The van der Waals surface area contributed by atoms with Crippen molar-refractivity contribution in [2.45, 2.75) is 0 Å². The molecule has 2 aromatic carbocycles. The van der Waals surface area contributed by atoms with E-state index >= 15 is 0 Å². The van der Waals surface area contributed by atoms with E-state index in [1.54, 1.807) is 30.5 Å².